The number of carboxylic acid groups (broad SMARTS) is 1. The highest BCUT2D eigenvalue weighted by Gasteiger charge is 2.31. The monoisotopic (exact) mass is 259 g/mol. The summed E-state index contributed by atoms with van der Waals surface area (Å²) in [7, 11) is 0. The maximum absolute atomic E-state index is 12.8. The van der Waals surface area contributed by atoms with Crippen molar-refractivity contribution in [2.75, 3.05) is 6.54 Å². The van der Waals surface area contributed by atoms with Gasteiger partial charge in [-0.05, 0) is 37.1 Å². The number of carboxylic acids is 1. The van der Waals surface area contributed by atoms with E-state index in [0.717, 1.165) is 18.5 Å². The lowest BCUT2D eigenvalue weighted by molar-refractivity contribution is -0.143. The number of aliphatic carboxylic acids is 1. The molecule has 2 unspecified atom stereocenters. The van der Waals surface area contributed by atoms with Crippen LogP contribution in [0.25, 0.3) is 0 Å². The molecule has 94 valence electrons. The van der Waals surface area contributed by atoms with E-state index < -0.39 is 11.9 Å². The SMILES string of the molecule is Cl.O=C(O)C1CCCNC1c1ccc(F)cc1. The van der Waals surface area contributed by atoms with Gasteiger partial charge in [0.1, 0.15) is 5.82 Å². The second kappa shape index (κ2) is 5.98. The van der Waals surface area contributed by atoms with E-state index in [2.05, 4.69) is 5.32 Å². The molecule has 3 nitrogen and oxygen atoms in total. The largest absolute Gasteiger partial charge is 0.481 e. The Hall–Kier alpha value is -1.13. The fraction of sp³-hybridized carbons (Fsp3) is 0.417. The number of benzene rings is 1. The second-order valence-electron chi connectivity index (χ2n) is 4.07. The highest BCUT2D eigenvalue weighted by atomic mass is 35.5. The highest BCUT2D eigenvalue weighted by Crippen LogP contribution is 2.29. The van der Waals surface area contributed by atoms with Crippen LogP contribution in [0.4, 0.5) is 4.39 Å². The Morgan fingerprint density at radius 2 is 2.00 bits per heavy atom. The third kappa shape index (κ3) is 3.17. The van der Waals surface area contributed by atoms with Gasteiger partial charge in [0.25, 0.3) is 0 Å². The number of hydrogen-bond donors (Lipinski definition) is 2. The number of hydrogen-bond acceptors (Lipinski definition) is 2. The molecule has 2 N–H and O–H groups in total. The molecular formula is C12H15ClFNO2. The minimum absolute atomic E-state index is 0. The van der Waals surface area contributed by atoms with Crippen LogP contribution in [-0.4, -0.2) is 17.6 Å². The summed E-state index contributed by atoms with van der Waals surface area (Å²) < 4.78 is 12.8. The van der Waals surface area contributed by atoms with Gasteiger partial charge in [0, 0.05) is 6.04 Å². The molecule has 2 rings (SSSR count). The highest BCUT2D eigenvalue weighted by molar-refractivity contribution is 5.85. The Kier molecular flexibility index (Phi) is 4.90. The fourth-order valence-corrected chi connectivity index (χ4v) is 2.17. The molecule has 1 heterocycles. The van der Waals surface area contributed by atoms with Gasteiger partial charge in [-0.25, -0.2) is 4.39 Å². The number of piperidine rings is 1. The van der Waals surface area contributed by atoms with E-state index in [1.807, 2.05) is 0 Å². The summed E-state index contributed by atoms with van der Waals surface area (Å²) in [5, 5.41) is 12.3. The van der Waals surface area contributed by atoms with Crippen LogP contribution in [0.5, 0.6) is 0 Å². The first-order chi connectivity index (χ1) is 7.68. The van der Waals surface area contributed by atoms with Gasteiger partial charge in [0.05, 0.1) is 5.92 Å². The van der Waals surface area contributed by atoms with Crippen LogP contribution in [0.1, 0.15) is 24.4 Å². The van der Waals surface area contributed by atoms with Crippen molar-refractivity contribution in [1.82, 2.24) is 5.32 Å². The summed E-state index contributed by atoms with van der Waals surface area (Å²) in [6, 6.07) is 5.82. The van der Waals surface area contributed by atoms with E-state index in [0.29, 0.717) is 6.42 Å². The number of halogens is 2. The first kappa shape index (κ1) is 13.9. The molecule has 0 radical (unpaired) electrons. The average Bonchev–Trinajstić information content (AvgIpc) is 2.30. The van der Waals surface area contributed by atoms with Crippen molar-refractivity contribution in [2.45, 2.75) is 18.9 Å². The summed E-state index contributed by atoms with van der Waals surface area (Å²) >= 11 is 0. The van der Waals surface area contributed by atoms with E-state index in [9.17, 15) is 9.18 Å². The van der Waals surface area contributed by atoms with Gasteiger partial charge in [-0.15, -0.1) is 12.4 Å². The van der Waals surface area contributed by atoms with E-state index in [1.54, 1.807) is 12.1 Å². The average molecular weight is 260 g/mol. The Morgan fingerprint density at radius 3 is 2.59 bits per heavy atom. The van der Waals surface area contributed by atoms with Crippen LogP contribution < -0.4 is 5.32 Å². The standard InChI is InChI=1S/C12H14FNO2.ClH/c13-9-5-3-8(4-6-9)11-10(12(15)16)2-1-7-14-11;/h3-6,10-11,14H,1-2,7H2,(H,15,16);1H. The molecule has 1 fully saturated rings. The van der Waals surface area contributed by atoms with E-state index in [4.69, 9.17) is 5.11 Å². The molecule has 1 aliphatic heterocycles. The van der Waals surface area contributed by atoms with E-state index in [1.165, 1.54) is 12.1 Å². The summed E-state index contributed by atoms with van der Waals surface area (Å²) in [4.78, 5) is 11.1. The molecule has 0 aliphatic carbocycles. The molecule has 1 aromatic rings. The Balaban J connectivity index is 0.00000144. The van der Waals surface area contributed by atoms with Crippen molar-refractivity contribution in [3.63, 3.8) is 0 Å². The molecule has 0 saturated carbocycles. The van der Waals surface area contributed by atoms with Crippen LogP contribution in [0.2, 0.25) is 0 Å². The molecule has 0 spiro atoms. The lowest BCUT2D eigenvalue weighted by Gasteiger charge is -2.30. The molecule has 17 heavy (non-hydrogen) atoms. The normalized spacial score (nSPS) is 23.8. The van der Waals surface area contributed by atoms with Gasteiger partial charge in [-0.1, -0.05) is 12.1 Å². The van der Waals surface area contributed by atoms with Gasteiger partial charge in [0.2, 0.25) is 0 Å². The quantitative estimate of drug-likeness (QED) is 0.857. The maximum Gasteiger partial charge on any atom is 0.308 e. The summed E-state index contributed by atoms with van der Waals surface area (Å²) in [6.07, 6.45) is 1.54. The topological polar surface area (TPSA) is 49.3 Å². The predicted molar refractivity (Wildman–Crippen MR) is 64.8 cm³/mol. The molecule has 0 amide bonds. The fourth-order valence-electron chi connectivity index (χ4n) is 2.17. The van der Waals surface area contributed by atoms with Gasteiger partial charge in [-0.2, -0.15) is 0 Å². The maximum atomic E-state index is 12.8. The van der Waals surface area contributed by atoms with Crippen molar-refractivity contribution in [1.29, 1.82) is 0 Å². The van der Waals surface area contributed by atoms with Gasteiger partial charge in [0.15, 0.2) is 0 Å². The minimum Gasteiger partial charge on any atom is -0.481 e. The zero-order chi connectivity index (χ0) is 11.5. The third-order valence-electron chi connectivity index (χ3n) is 3.00. The van der Waals surface area contributed by atoms with E-state index >= 15 is 0 Å². The third-order valence-corrected chi connectivity index (χ3v) is 3.00. The van der Waals surface area contributed by atoms with Crippen LogP contribution >= 0.6 is 12.4 Å². The smallest absolute Gasteiger partial charge is 0.308 e. The molecule has 1 aliphatic rings. The minimum atomic E-state index is -0.790. The Morgan fingerprint density at radius 1 is 1.35 bits per heavy atom. The van der Waals surface area contributed by atoms with Gasteiger partial charge in [-0.3, -0.25) is 4.79 Å². The van der Waals surface area contributed by atoms with Crippen LogP contribution in [0, 0.1) is 11.7 Å². The van der Waals surface area contributed by atoms with Crippen molar-refractivity contribution < 1.29 is 14.3 Å². The summed E-state index contributed by atoms with van der Waals surface area (Å²) in [5.74, 6) is -1.51. The van der Waals surface area contributed by atoms with Crippen LogP contribution in [0.3, 0.4) is 0 Å². The van der Waals surface area contributed by atoms with Crippen molar-refractivity contribution in [2.24, 2.45) is 5.92 Å². The lowest BCUT2D eigenvalue weighted by atomic mass is 9.86. The van der Waals surface area contributed by atoms with Gasteiger partial charge < -0.3 is 10.4 Å². The van der Waals surface area contributed by atoms with Crippen molar-refractivity contribution >= 4 is 18.4 Å². The summed E-state index contributed by atoms with van der Waals surface area (Å²) in [6.45, 7) is 0.811. The van der Waals surface area contributed by atoms with Crippen LogP contribution in [-0.2, 0) is 4.79 Å². The zero-order valence-electron chi connectivity index (χ0n) is 9.23. The number of rotatable bonds is 2. The second-order valence-corrected chi connectivity index (χ2v) is 4.07. The Bertz CT molecular complexity index is 383. The van der Waals surface area contributed by atoms with Gasteiger partial charge >= 0.3 is 5.97 Å². The first-order valence-corrected chi connectivity index (χ1v) is 5.40. The van der Waals surface area contributed by atoms with E-state index in [-0.39, 0.29) is 24.3 Å². The number of carbonyl (C=O) groups is 1. The molecule has 0 bridgehead atoms. The molecule has 1 aromatic carbocycles. The van der Waals surface area contributed by atoms with Crippen molar-refractivity contribution in [3.05, 3.63) is 35.6 Å². The molecule has 2 atom stereocenters. The zero-order valence-corrected chi connectivity index (χ0v) is 10.0. The Labute approximate surface area is 105 Å². The predicted octanol–water partition coefficient (Wildman–Crippen LogP) is 2.37. The number of nitrogens with one attached hydrogen (secondary N) is 1. The van der Waals surface area contributed by atoms with Crippen LogP contribution in [0.15, 0.2) is 24.3 Å². The molecule has 5 heteroatoms. The summed E-state index contributed by atoms with van der Waals surface area (Å²) in [5.41, 5.74) is 0.841. The lowest BCUT2D eigenvalue weighted by Crippen LogP contribution is -2.38. The molecule has 0 aromatic heterocycles. The molecular weight excluding hydrogens is 245 g/mol. The first-order valence-electron chi connectivity index (χ1n) is 5.40. The molecule has 1 saturated heterocycles. The van der Waals surface area contributed by atoms with Crippen molar-refractivity contribution in [3.8, 4) is 0 Å².